The smallest absolute Gasteiger partial charge is 0.162 e. The number of aromatic nitrogens is 2. The molecule has 0 saturated carbocycles. The first kappa shape index (κ1) is 15.0. The van der Waals surface area contributed by atoms with Crippen molar-refractivity contribution in [3.63, 3.8) is 0 Å². The van der Waals surface area contributed by atoms with Crippen molar-refractivity contribution in [1.29, 1.82) is 5.26 Å². The van der Waals surface area contributed by atoms with Gasteiger partial charge >= 0.3 is 0 Å². The van der Waals surface area contributed by atoms with Crippen molar-refractivity contribution in [1.82, 2.24) is 9.55 Å². The molecule has 1 aromatic heterocycles. The Kier molecular flexibility index (Phi) is 4.89. The number of imidazole rings is 1. The van der Waals surface area contributed by atoms with Crippen molar-refractivity contribution >= 4 is 5.78 Å². The van der Waals surface area contributed by atoms with E-state index in [1.165, 1.54) is 0 Å². The Labute approximate surface area is 125 Å². The van der Waals surface area contributed by atoms with Gasteiger partial charge in [-0.15, -0.1) is 0 Å². The molecule has 0 aliphatic carbocycles. The maximum Gasteiger partial charge on any atom is 0.162 e. The van der Waals surface area contributed by atoms with E-state index in [1.54, 1.807) is 24.0 Å². The van der Waals surface area contributed by atoms with Crippen LogP contribution in [0.1, 0.15) is 43.0 Å². The minimum absolute atomic E-state index is 0.0671. The second kappa shape index (κ2) is 6.85. The first-order chi connectivity index (χ1) is 10.2. The van der Waals surface area contributed by atoms with Crippen LogP contribution in [0.15, 0.2) is 42.7 Å². The Morgan fingerprint density at radius 3 is 2.62 bits per heavy atom. The molecule has 2 unspecified atom stereocenters. The van der Waals surface area contributed by atoms with E-state index in [0.717, 1.165) is 12.0 Å². The average Bonchev–Trinajstić information content (AvgIpc) is 2.92. The highest BCUT2D eigenvalue weighted by atomic mass is 16.1. The van der Waals surface area contributed by atoms with Gasteiger partial charge < -0.3 is 4.57 Å². The number of nitriles is 1. The molecule has 0 N–H and O–H groups in total. The van der Waals surface area contributed by atoms with Crippen LogP contribution >= 0.6 is 0 Å². The highest BCUT2D eigenvalue weighted by molar-refractivity contribution is 5.88. The van der Waals surface area contributed by atoms with Gasteiger partial charge in [0.15, 0.2) is 11.7 Å². The maximum absolute atomic E-state index is 12.5. The van der Waals surface area contributed by atoms with Crippen molar-refractivity contribution in [3.8, 4) is 6.07 Å². The predicted molar refractivity (Wildman–Crippen MR) is 80.7 cm³/mol. The number of hydrogen-bond acceptors (Lipinski definition) is 3. The maximum atomic E-state index is 12.5. The summed E-state index contributed by atoms with van der Waals surface area (Å²) in [6.45, 7) is 2.06. The Hall–Kier alpha value is -2.41. The van der Waals surface area contributed by atoms with Crippen LogP contribution in [-0.4, -0.2) is 15.3 Å². The van der Waals surface area contributed by atoms with Gasteiger partial charge in [0.1, 0.15) is 5.82 Å². The summed E-state index contributed by atoms with van der Waals surface area (Å²) in [4.78, 5) is 16.6. The molecule has 0 radical (unpaired) electrons. The molecule has 0 amide bonds. The third-order valence-corrected chi connectivity index (χ3v) is 3.78. The van der Waals surface area contributed by atoms with E-state index >= 15 is 0 Å². The normalized spacial score (nSPS) is 13.4. The summed E-state index contributed by atoms with van der Waals surface area (Å²) in [5.41, 5.74) is 1.14. The van der Waals surface area contributed by atoms with Crippen LogP contribution in [0.4, 0.5) is 0 Å². The summed E-state index contributed by atoms with van der Waals surface area (Å²) >= 11 is 0. The van der Waals surface area contributed by atoms with E-state index < -0.39 is 5.92 Å². The van der Waals surface area contributed by atoms with Crippen molar-refractivity contribution in [2.24, 2.45) is 7.05 Å². The quantitative estimate of drug-likeness (QED) is 0.817. The highest BCUT2D eigenvalue weighted by Gasteiger charge is 2.26. The molecule has 4 heteroatoms. The topological polar surface area (TPSA) is 58.7 Å². The van der Waals surface area contributed by atoms with Gasteiger partial charge in [0.2, 0.25) is 0 Å². The van der Waals surface area contributed by atoms with Gasteiger partial charge in [0.05, 0.1) is 6.07 Å². The summed E-state index contributed by atoms with van der Waals surface area (Å²) in [5.74, 6) is -0.189. The Bertz CT molecular complexity index is 640. The molecule has 1 heterocycles. The van der Waals surface area contributed by atoms with E-state index in [-0.39, 0.29) is 11.7 Å². The van der Waals surface area contributed by atoms with Crippen molar-refractivity contribution in [2.45, 2.75) is 31.6 Å². The molecule has 1 aromatic carbocycles. The van der Waals surface area contributed by atoms with Crippen LogP contribution in [0.25, 0.3) is 0 Å². The van der Waals surface area contributed by atoms with Crippen LogP contribution in [-0.2, 0) is 11.8 Å². The van der Waals surface area contributed by atoms with Crippen molar-refractivity contribution in [3.05, 3.63) is 54.1 Å². The number of carbonyl (C=O) groups excluding carboxylic acids is 1. The first-order valence-corrected chi connectivity index (χ1v) is 7.11. The monoisotopic (exact) mass is 281 g/mol. The molecule has 0 spiro atoms. The number of ketones is 1. The number of carbonyl (C=O) groups is 1. The van der Waals surface area contributed by atoms with Crippen molar-refractivity contribution < 1.29 is 4.79 Å². The van der Waals surface area contributed by atoms with E-state index in [2.05, 4.69) is 18.0 Å². The Morgan fingerprint density at radius 1 is 1.38 bits per heavy atom. The van der Waals surface area contributed by atoms with Crippen LogP contribution in [0.5, 0.6) is 0 Å². The fraction of sp³-hybridized carbons (Fsp3) is 0.353. The zero-order valence-corrected chi connectivity index (χ0v) is 12.4. The molecule has 0 fully saturated rings. The van der Waals surface area contributed by atoms with Crippen LogP contribution in [0.3, 0.4) is 0 Å². The summed E-state index contributed by atoms with van der Waals surface area (Å²) in [6.07, 6.45) is 4.60. The highest BCUT2D eigenvalue weighted by Crippen LogP contribution is 2.27. The summed E-state index contributed by atoms with van der Waals surface area (Å²) < 4.78 is 1.73. The first-order valence-electron chi connectivity index (χ1n) is 7.11. The lowest BCUT2D eigenvalue weighted by Crippen LogP contribution is -2.17. The SMILES string of the molecule is CCC(CC(=O)C(C#N)c1nccn1C)c1ccccc1. The van der Waals surface area contributed by atoms with Gasteiger partial charge in [-0.2, -0.15) is 5.26 Å². The fourth-order valence-corrected chi connectivity index (χ4v) is 2.51. The second-order valence-electron chi connectivity index (χ2n) is 5.14. The molecule has 0 bridgehead atoms. The van der Waals surface area contributed by atoms with Crippen LogP contribution in [0.2, 0.25) is 0 Å². The summed E-state index contributed by atoms with van der Waals surface area (Å²) in [7, 11) is 1.80. The van der Waals surface area contributed by atoms with E-state index in [1.807, 2.05) is 30.3 Å². The predicted octanol–water partition coefficient (Wildman–Crippen LogP) is 3.18. The minimum atomic E-state index is -0.789. The lowest BCUT2D eigenvalue weighted by molar-refractivity contribution is -0.119. The van der Waals surface area contributed by atoms with E-state index in [9.17, 15) is 10.1 Å². The van der Waals surface area contributed by atoms with Gasteiger partial charge in [-0.05, 0) is 17.9 Å². The zero-order chi connectivity index (χ0) is 15.2. The van der Waals surface area contributed by atoms with Gasteiger partial charge in [0.25, 0.3) is 0 Å². The molecular formula is C17H19N3O. The number of rotatable bonds is 6. The third-order valence-electron chi connectivity index (χ3n) is 3.78. The number of aryl methyl sites for hydroxylation is 1. The van der Waals surface area contributed by atoms with E-state index in [4.69, 9.17) is 0 Å². The standard InChI is InChI=1S/C17H19N3O/c1-3-13(14-7-5-4-6-8-14)11-16(21)15(12-18)17-19-9-10-20(17)2/h4-10,13,15H,3,11H2,1-2H3. The second-order valence-corrected chi connectivity index (χ2v) is 5.14. The minimum Gasteiger partial charge on any atom is -0.337 e. The molecule has 2 atom stereocenters. The fourth-order valence-electron chi connectivity index (χ4n) is 2.51. The summed E-state index contributed by atoms with van der Waals surface area (Å²) in [6, 6.07) is 12.1. The molecule has 2 aromatic rings. The lowest BCUT2D eigenvalue weighted by atomic mass is 9.88. The average molecular weight is 281 g/mol. The molecule has 21 heavy (non-hydrogen) atoms. The number of benzene rings is 1. The van der Waals surface area contributed by atoms with Gasteiger partial charge in [-0.25, -0.2) is 4.98 Å². The van der Waals surface area contributed by atoms with Gasteiger partial charge in [-0.1, -0.05) is 37.3 Å². The third kappa shape index (κ3) is 3.38. The Balaban J connectivity index is 2.16. The van der Waals surface area contributed by atoms with Gasteiger partial charge in [-0.3, -0.25) is 4.79 Å². The molecule has 2 rings (SSSR count). The zero-order valence-electron chi connectivity index (χ0n) is 12.4. The Morgan fingerprint density at radius 2 is 2.10 bits per heavy atom. The number of nitrogens with zero attached hydrogens (tertiary/aromatic N) is 3. The molecular weight excluding hydrogens is 262 g/mol. The molecule has 0 aliphatic rings. The molecule has 4 nitrogen and oxygen atoms in total. The largest absolute Gasteiger partial charge is 0.337 e. The molecule has 0 saturated heterocycles. The number of Topliss-reactive ketones (excluding diaryl/α,β-unsaturated/α-hetero) is 1. The van der Waals surface area contributed by atoms with Crippen molar-refractivity contribution in [2.75, 3.05) is 0 Å². The lowest BCUT2D eigenvalue weighted by Gasteiger charge is -2.16. The summed E-state index contributed by atoms with van der Waals surface area (Å²) in [5, 5.41) is 9.32. The van der Waals surface area contributed by atoms with E-state index in [0.29, 0.717) is 12.2 Å². The van der Waals surface area contributed by atoms with Crippen LogP contribution in [0, 0.1) is 11.3 Å². The number of hydrogen-bond donors (Lipinski definition) is 0. The van der Waals surface area contributed by atoms with Crippen LogP contribution < -0.4 is 0 Å². The molecule has 0 aliphatic heterocycles. The molecule has 108 valence electrons. The van der Waals surface area contributed by atoms with Gasteiger partial charge in [0, 0.05) is 25.9 Å².